The van der Waals surface area contributed by atoms with Crippen LogP contribution in [-0.2, 0) is 0 Å². The van der Waals surface area contributed by atoms with Gasteiger partial charge in [-0.05, 0) is 12.5 Å². The SMILES string of the molecule is Cc1ccc2c(c1C#N)OCC[C@H]2N. The third-order valence-corrected chi connectivity index (χ3v) is 2.58. The van der Waals surface area contributed by atoms with Crippen LogP contribution < -0.4 is 10.5 Å². The van der Waals surface area contributed by atoms with Gasteiger partial charge in [-0.15, -0.1) is 0 Å². The Labute approximate surface area is 83.1 Å². The van der Waals surface area contributed by atoms with Gasteiger partial charge in [-0.1, -0.05) is 12.1 Å². The molecular formula is C11H12N2O. The van der Waals surface area contributed by atoms with E-state index in [2.05, 4.69) is 6.07 Å². The fourth-order valence-electron chi connectivity index (χ4n) is 1.73. The molecule has 0 aliphatic carbocycles. The molecule has 2 rings (SSSR count). The Morgan fingerprint density at radius 1 is 1.57 bits per heavy atom. The Bertz CT molecular complexity index is 406. The molecule has 3 nitrogen and oxygen atoms in total. The van der Waals surface area contributed by atoms with Crippen molar-refractivity contribution < 1.29 is 4.74 Å². The molecule has 1 aromatic carbocycles. The number of hydrogen-bond acceptors (Lipinski definition) is 3. The Balaban J connectivity index is 2.63. The van der Waals surface area contributed by atoms with Crippen LogP contribution in [0.15, 0.2) is 12.1 Å². The van der Waals surface area contributed by atoms with Crippen LogP contribution in [-0.4, -0.2) is 6.61 Å². The van der Waals surface area contributed by atoms with Gasteiger partial charge in [0.2, 0.25) is 0 Å². The van der Waals surface area contributed by atoms with E-state index < -0.39 is 0 Å². The average Bonchev–Trinajstić information content (AvgIpc) is 2.18. The molecule has 1 aliphatic rings. The number of hydrogen-bond donors (Lipinski definition) is 1. The molecule has 0 fully saturated rings. The van der Waals surface area contributed by atoms with Crippen molar-refractivity contribution in [2.75, 3.05) is 6.61 Å². The fraction of sp³-hybridized carbons (Fsp3) is 0.364. The predicted octanol–water partition coefficient (Wildman–Crippen LogP) is 1.65. The minimum absolute atomic E-state index is 0.00597. The number of ether oxygens (including phenoxy) is 1. The van der Waals surface area contributed by atoms with Crippen LogP contribution in [0.5, 0.6) is 5.75 Å². The van der Waals surface area contributed by atoms with Crippen molar-refractivity contribution in [2.45, 2.75) is 19.4 Å². The summed E-state index contributed by atoms with van der Waals surface area (Å²) < 4.78 is 5.49. The maximum Gasteiger partial charge on any atom is 0.142 e. The Kier molecular flexibility index (Phi) is 2.14. The topological polar surface area (TPSA) is 59.0 Å². The Morgan fingerprint density at radius 3 is 3.07 bits per heavy atom. The van der Waals surface area contributed by atoms with Gasteiger partial charge in [0, 0.05) is 18.0 Å². The molecule has 0 unspecified atom stereocenters. The highest BCUT2D eigenvalue weighted by Crippen LogP contribution is 2.34. The number of nitriles is 1. The molecule has 0 amide bonds. The first kappa shape index (κ1) is 9.04. The Morgan fingerprint density at radius 2 is 2.36 bits per heavy atom. The number of rotatable bonds is 0. The van der Waals surface area contributed by atoms with Crippen molar-refractivity contribution in [2.24, 2.45) is 5.73 Å². The summed E-state index contributed by atoms with van der Waals surface area (Å²) in [6.07, 6.45) is 0.820. The summed E-state index contributed by atoms with van der Waals surface area (Å²) in [4.78, 5) is 0. The van der Waals surface area contributed by atoms with Gasteiger partial charge >= 0.3 is 0 Å². The molecule has 0 aromatic heterocycles. The first-order valence-electron chi connectivity index (χ1n) is 4.66. The zero-order valence-corrected chi connectivity index (χ0v) is 8.08. The molecule has 72 valence electrons. The van der Waals surface area contributed by atoms with Gasteiger partial charge in [-0.2, -0.15) is 5.26 Å². The van der Waals surface area contributed by atoms with Crippen molar-refractivity contribution in [1.29, 1.82) is 5.26 Å². The van der Waals surface area contributed by atoms with Gasteiger partial charge in [0.15, 0.2) is 0 Å². The highest BCUT2D eigenvalue weighted by atomic mass is 16.5. The van der Waals surface area contributed by atoms with Gasteiger partial charge in [0.05, 0.1) is 12.2 Å². The normalized spacial score (nSPS) is 19.4. The van der Waals surface area contributed by atoms with E-state index in [1.54, 1.807) is 0 Å². The Hall–Kier alpha value is -1.53. The molecule has 14 heavy (non-hydrogen) atoms. The molecular weight excluding hydrogens is 176 g/mol. The summed E-state index contributed by atoms with van der Waals surface area (Å²) in [5.41, 5.74) is 8.46. The predicted molar refractivity (Wildman–Crippen MR) is 52.9 cm³/mol. The van der Waals surface area contributed by atoms with E-state index >= 15 is 0 Å². The fourth-order valence-corrected chi connectivity index (χ4v) is 1.73. The van der Waals surface area contributed by atoms with Crippen molar-refractivity contribution in [3.63, 3.8) is 0 Å². The summed E-state index contributed by atoms with van der Waals surface area (Å²) in [5, 5.41) is 8.99. The first-order chi connectivity index (χ1) is 6.74. The lowest BCUT2D eigenvalue weighted by Crippen LogP contribution is -2.21. The summed E-state index contributed by atoms with van der Waals surface area (Å²) in [6.45, 7) is 2.51. The van der Waals surface area contributed by atoms with E-state index in [9.17, 15) is 0 Å². The second-order valence-corrected chi connectivity index (χ2v) is 3.53. The molecule has 0 saturated heterocycles. The molecule has 0 spiro atoms. The number of fused-ring (bicyclic) bond motifs is 1. The third-order valence-electron chi connectivity index (χ3n) is 2.58. The van der Waals surface area contributed by atoms with Crippen LogP contribution in [0.3, 0.4) is 0 Å². The maximum atomic E-state index is 8.99. The van der Waals surface area contributed by atoms with Crippen LogP contribution in [0, 0.1) is 18.3 Å². The van der Waals surface area contributed by atoms with E-state index in [-0.39, 0.29) is 6.04 Å². The monoisotopic (exact) mass is 188 g/mol. The zero-order valence-electron chi connectivity index (χ0n) is 8.08. The largest absolute Gasteiger partial charge is 0.492 e. The standard InChI is InChI=1S/C11H12N2O/c1-7-2-3-8-10(13)4-5-14-11(8)9(7)6-12/h2-3,10H,4-5,13H2,1H3/t10-/m1/s1. The number of benzene rings is 1. The van der Waals surface area contributed by atoms with Gasteiger partial charge in [-0.3, -0.25) is 0 Å². The average molecular weight is 188 g/mol. The highest BCUT2D eigenvalue weighted by molar-refractivity contribution is 5.54. The highest BCUT2D eigenvalue weighted by Gasteiger charge is 2.21. The zero-order chi connectivity index (χ0) is 10.1. The van der Waals surface area contributed by atoms with Crippen molar-refractivity contribution in [1.82, 2.24) is 0 Å². The molecule has 1 aromatic rings. The molecule has 0 bridgehead atoms. The summed E-state index contributed by atoms with van der Waals surface area (Å²) in [7, 11) is 0. The lowest BCUT2D eigenvalue weighted by Gasteiger charge is -2.24. The van der Waals surface area contributed by atoms with Crippen LogP contribution >= 0.6 is 0 Å². The number of nitrogens with two attached hydrogens (primary N) is 1. The van der Waals surface area contributed by atoms with E-state index in [0.29, 0.717) is 17.9 Å². The third kappa shape index (κ3) is 1.24. The van der Waals surface area contributed by atoms with E-state index in [1.165, 1.54) is 0 Å². The van der Waals surface area contributed by atoms with Gasteiger partial charge in [0.1, 0.15) is 11.8 Å². The van der Waals surface area contributed by atoms with Crippen LogP contribution in [0.2, 0.25) is 0 Å². The summed E-state index contributed by atoms with van der Waals surface area (Å²) >= 11 is 0. The number of aryl methyl sites for hydroxylation is 1. The van der Waals surface area contributed by atoms with E-state index in [4.69, 9.17) is 15.7 Å². The van der Waals surface area contributed by atoms with E-state index in [1.807, 2.05) is 19.1 Å². The van der Waals surface area contributed by atoms with Crippen molar-refractivity contribution in [3.8, 4) is 11.8 Å². The second-order valence-electron chi connectivity index (χ2n) is 3.53. The minimum Gasteiger partial charge on any atom is -0.492 e. The summed E-state index contributed by atoms with van der Waals surface area (Å²) in [5.74, 6) is 0.686. The van der Waals surface area contributed by atoms with Crippen LogP contribution in [0.25, 0.3) is 0 Å². The van der Waals surface area contributed by atoms with Crippen molar-refractivity contribution in [3.05, 3.63) is 28.8 Å². The van der Waals surface area contributed by atoms with E-state index in [0.717, 1.165) is 17.5 Å². The number of nitrogens with zero attached hydrogens (tertiary/aromatic N) is 1. The van der Waals surface area contributed by atoms with Gasteiger partial charge in [-0.25, -0.2) is 0 Å². The maximum absolute atomic E-state index is 8.99. The molecule has 1 atom stereocenters. The lowest BCUT2D eigenvalue weighted by atomic mass is 9.96. The quantitative estimate of drug-likeness (QED) is 0.673. The molecule has 0 saturated carbocycles. The van der Waals surface area contributed by atoms with Gasteiger partial charge < -0.3 is 10.5 Å². The molecule has 0 radical (unpaired) electrons. The first-order valence-corrected chi connectivity index (χ1v) is 4.66. The minimum atomic E-state index is 0.00597. The molecule has 1 aliphatic heterocycles. The molecule has 3 heteroatoms. The smallest absolute Gasteiger partial charge is 0.142 e. The van der Waals surface area contributed by atoms with Crippen molar-refractivity contribution >= 4 is 0 Å². The lowest BCUT2D eigenvalue weighted by molar-refractivity contribution is 0.268. The second kappa shape index (κ2) is 3.32. The summed E-state index contributed by atoms with van der Waals surface area (Å²) in [6, 6.07) is 6.05. The molecule has 2 N–H and O–H groups in total. The van der Waals surface area contributed by atoms with Crippen LogP contribution in [0.1, 0.15) is 29.2 Å². The van der Waals surface area contributed by atoms with Crippen LogP contribution in [0.4, 0.5) is 0 Å². The molecule has 1 heterocycles. The van der Waals surface area contributed by atoms with Gasteiger partial charge in [0.25, 0.3) is 0 Å².